The predicted octanol–water partition coefficient (Wildman–Crippen LogP) is 2.65. The van der Waals surface area contributed by atoms with Crippen molar-refractivity contribution in [3.05, 3.63) is 59.9 Å². The van der Waals surface area contributed by atoms with Crippen molar-refractivity contribution >= 4 is 27.8 Å². The molecule has 8 nitrogen and oxygen atoms in total. The molecule has 3 aromatic heterocycles. The summed E-state index contributed by atoms with van der Waals surface area (Å²) in [5, 5.41) is 24.1. The zero-order valence-electron chi connectivity index (χ0n) is 18.0. The molecule has 5 atom stereocenters. The number of hydrogen-bond acceptors (Lipinski definition) is 7. The van der Waals surface area contributed by atoms with E-state index in [1.54, 1.807) is 4.57 Å². The van der Waals surface area contributed by atoms with Crippen LogP contribution in [0.4, 0.5) is 10.2 Å². The number of rotatable bonds is 3. The highest BCUT2D eigenvalue weighted by Gasteiger charge is 2.61. The van der Waals surface area contributed by atoms with E-state index in [-0.39, 0.29) is 11.7 Å². The second kappa shape index (κ2) is 7.18. The van der Waals surface area contributed by atoms with Crippen molar-refractivity contribution in [3.63, 3.8) is 0 Å². The molecular weight excluding hydrogens is 425 g/mol. The van der Waals surface area contributed by atoms with E-state index in [0.29, 0.717) is 29.4 Å². The van der Waals surface area contributed by atoms with Crippen molar-refractivity contribution in [1.82, 2.24) is 19.5 Å². The number of aromatic nitrogens is 4. The van der Waals surface area contributed by atoms with Gasteiger partial charge in [-0.2, -0.15) is 0 Å². The minimum absolute atomic E-state index is 0.00286. The van der Waals surface area contributed by atoms with E-state index >= 15 is 0 Å². The van der Waals surface area contributed by atoms with Crippen LogP contribution in [0.15, 0.2) is 42.9 Å². The summed E-state index contributed by atoms with van der Waals surface area (Å²) in [5.41, 5.74) is 7.42. The molecule has 1 saturated carbocycles. The van der Waals surface area contributed by atoms with Gasteiger partial charge in [0.25, 0.3) is 0 Å². The average molecular weight is 449 g/mol. The number of benzene rings is 1. The number of fused-ring (bicyclic) bond motifs is 3. The summed E-state index contributed by atoms with van der Waals surface area (Å²) in [5.74, 6) is -0.658. The van der Waals surface area contributed by atoms with Crippen LogP contribution < -0.4 is 5.73 Å². The van der Waals surface area contributed by atoms with Crippen LogP contribution in [0, 0.1) is 18.7 Å². The van der Waals surface area contributed by atoms with Crippen molar-refractivity contribution in [1.29, 1.82) is 0 Å². The molecular formula is C24H24FN5O3. The van der Waals surface area contributed by atoms with Crippen LogP contribution >= 0.6 is 0 Å². The molecule has 33 heavy (non-hydrogen) atoms. The first kappa shape index (κ1) is 20.5. The maximum Gasteiger partial charge on any atom is 0.165 e. The Hall–Kier alpha value is -3.14. The number of ether oxygens (including phenoxy) is 1. The Kier molecular flexibility index (Phi) is 4.45. The van der Waals surface area contributed by atoms with Crippen LogP contribution in [0.25, 0.3) is 21.9 Å². The third kappa shape index (κ3) is 3.03. The second-order valence-corrected chi connectivity index (χ2v) is 9.19. The fourth-order valence-corrected chi connectivity index (χ4v) is 5.50. The lowest BCUT2D eigenvalue weighted by Crippen LogP contribution is -2.45. The van der Waals surface area contributed by atoms with Gasteiger partial charge in [-0.25, -0.2) is 19.3 Å². The van der Waals surface area contributed by atoms with E-state index in [2.05, 4.69) is 15.0 Å². The van der Waals surface area contributed by atoms with Gasteiger partial charge >= 0.3 is 0 Å². The van der Waals surface area contributed by atoms with Crippen molar-refractivity contribution in [3.8, 4) is 0 Å². The Labute approximate surface area is 188 Å². The molecule has 9 heteroatoms. The molecule has 6 rings (SSSR count). The van der Waals surface area contributed by atoms with Crippen LogP contribution in [-0.2, 0) is 11.2 Å². The van der Waals surface area contributed by atoms with E-state index < -0.39 is 29.9 Å². The summed E-state index contributed by atoms with van der Waals surface area (Å²) >= 11 is 0. The average Bonchev–Trinajstić information content (AvgIpc) is 3.42. The number of hydrogen-bond donors (Lipinski definition) is 3. The van der Waals surface area contributed by atoms with Gasteiger partial charge in [0.05, 0.1) is 17.3 Å². The Morgan fingerprint density at radius 3 is 2.97 bits per heavy atom. The lowest BCUT2D eigenvalue weighted by atomic mass is 9.90. The second-order valence-electron chi connectivity index (χ2n) is 9.19. The molecule has 0 spiro atoms. The Balaban J connectivity index is 1.29. The Morgan fingerprint density at radius 2 is 2.12 bits per heavy atom. The monoisotopic (exact) mass is 449 g/mol. The summed E-state index contributed by atoms with van der Waals surface area (Å²) in [4.78, 5) is 12.7. The number of nitrogen functional groups attached to an aromatic ring is 1. The van der Waals surface area contributed by atoms with Crippen molar-refractivity contribution in [2.45, 2.75) is 50.2 Å². The molecule has 0 bridgehead atoms. The fraction of sp³-hybridized carbons (Fsp3) is 0.375. The number of anilines is 1. The predicted molar refractivity (Wildman–Crippen MR) is 120 cm³/mol. The van der Waals surface area contributed by atoms with Gasteiger partial charge in [-0.15, -0.1) is 0 Å². The van der Waals surface area contributed by atoms with Gasteiger partial charge in [0, 0.05) is 17.0 Å². The highest BCUT2D eigenvalue weighted by atomic mass is 19.1. The quantitative estimate of drug-likeness (QED) is 0.440. The number of aliphatic hydroxyl groups is 2. The lowest BCUT2D eigenvalue weighted by Gasteiger charge is -2.26. The normalized spacial score (nSPS) is 29.2. The maximum atomic E-state index is 13.7. The van der Waals surface area contributed by atoms with Gasteiger partial charge in [-0.1, -0.05) is 12.1 Å². The molecule has 170 valence electrons. The Bertz CT molecular complexity index is 1390. The highest BCUT2D eigenvalue weighted by molar-refractivity contribution is 5.81. The van der Waals surface area contributed by atoms with Gasteiger partial charge < -0.3 is 25.3 Å². The number of aryl methyl sites for hydroxylation is 1. The zero-order chi connectivity index (χ0) is 22.9. The largest absolute Gasteiger partial charge is 0.385 e. The van der Waals surface area contributed by atoms with E-state index in [0.717, 1.165) is 23.1 Å². The van der Waals surface area contributed by atoms with Crippen molar-refractivity contribution in [2.24, 2.45) is 5.92 Å². The minimum Gasteiger partial charge on any atom is -0.385 e. The Morgan fingerprint density at radius 1 is 1.27 bits per heavy atom. The smallest absolute Gasteiger partial charge is 0.165 e. The van der Waals surface area contributed by atoms with Crippen LogP contribution in [0.5, 0.6) is 0 Å². The van der Waals surface area contributed by atoms with Gasteiger partial charge in [0.15, 0.2) is 17.9 Å². The first-order valence-corrected chi connectivity index (χ1v) is 11.0. The number of pyridine rings is 1. The minimum atomic E-state index is -1.34. The van der Waals surface area contributed by atoms with Crippen LogP contribution in [0.1, 0.15) is 30.3 Å². The molecule has 1 aliphatic carbocycles. The van der Waals surface area contributed by atoms with E-state index in [4.69, 9.17) is 10.5 Å². The summed E-state index contributed by atoms with van der Waals surface area (Å²) in [6, 6.07) is 8.92. The first-order valence-electron chi connectivity index (χ1n) is 11.0. The number of nitrogens with zero attached hydrogens (tertiary/aromatic N) is 4. The van der Waals surface area contributed by atoms with Gasteiger partial charge in [-0.3, -0.25) is 0 Å². The third-order valence-corrected chi connectivity index (χ3v) is 7.25. The molecule has 2 fully saturated rings. The van der Waals surface area contributed by atoms with Crippen molar-refractivity contribution < 1.29 is 19.3 Å². The standard InChI is InChI=1S/C24H24FN5O3/c1-12-16-5-7-30(22(16)28-11-27-12)23-19(31)24(32)6-4-15(20(24)33-23)8-13-2-3-14-10-17(25)21(26)29-18(14)9-13/h2-3,5,7,9-11,15,19-20,23,31-32H,4,6,8H2,1H3,(H2,26,29)/t15-,19?,20+,23+,24-/m0/s1. The molecule has 1 aromatic carbocycles. The summed E-state index contributed by atoms with van der Waals surface area (Å²) < 4.78 is 21.8. The molecule has 4 aromatic rings. The SMILES string of the molecule is Cc1ncnc2c1ccn2[C@@H]1O[C@@H]2[C@H](Cc3ccc4cc(F)c(N)nc4c3)CC[C@]2(O)C1O. The summed E-state index contributed by atoms with van der Waals surface area (Å²) in [7, 11) is 0. The number of halogens is 1. The molecule has 0 amide bonds. The molecule has 4 heterocycles. The molecule has 2 aliphatic rings. The van der Waals surface area contributed by atoms with E-state index in [1.807, 2.05) is 37.4 Å². The number of nitrogens with two attached hydrogens (primary N) is 1. The summed E-state index contributed by atoms with van der Waals surface area (Å²) in [6.45, 7) is 1.90. The molecule has 1 unspecified atom stereocenters. The number of aliphatic hydroxyl groups excluding tert-OH is 1. The van der Waals surface area contributed by atoms with Gasteiger partial charge in [0.1, 0.15) is 23.7 Å². The molecule has 1 saturated heterocycles. The van der Waals surface area contributed by atoms with E-state index in [9.17, 15) is 14.6 Å². The van der Waals surface area contributed by atoms with Gasteiger partial charge in [-0.05, 0) is 55.9 Å². The van der Waals surface area contributed by atoms with Crippen LogP contribution in [0.2, 0.25) is 0 Å². The first-order chi connectivity index (χ1) is 15.8. The fourth-order valence-electron chi connectivity index (χ4n) is 5.50. The maximum absolute atomic E-state index is 13.7. The third-order valence-electron chi connectivity index (χ3n) is 7.25. The highest BCUT2D eigenvalue weighted by Crippen LogP contribution is 2.50. The van der Waals surface area contributed by atoms with Crippen molar-refractivity contribution in [2.75, 3.05) is 5.73 Å². The van der Waals surface area contributed by atoms with Crippen LogP contribution in [0.3, 0.4) is 0 Å². The molecule has 0 radical (unpaired) electrons. The molecule has 1 aliphatic heterocycles. The topological polar surface area (TPSA) is 119 Å². The lowest BCUT2D eigenvalue weighted by molar-refractivity contribution is -0.0675. The van der Waals surface area contributed by atoms with E-state index in [1.165, 1.54) is 12.4 Å². The van der Waals surface area contributed by atoms with Crippen LogP contribution in [-0.4, -0.2) is 47.5 Å². The van der Waals surface area contributed by atoms with Gasteiger partial charge in [0.2, 0.25) is 0 Å². The summed E-state index contributed by atoms with van der Waals surface area (Å²) in [6.07, 6.45) is 2.75. The zero-order valence-corrected chi connectivity index (χ0v) is 18.0. The molecule has 4 N–H and O–H groups in total.